The van der Waals surface area contributed by atoms with E-state index in [1.165, 1.54) is 12.1 Å². The van der Waals surface area contributed by atoms with Crippen molar-refractivity contribution in [2.24, 2.45) is 0 Å². The predicted molar refractivity (Wildman–Crippen MR) is 91.0 cm³/mol. The maximum absolute atomic E-state index is 13.3. The molecule has 0 atom stereocenters. The first-order valence-electron chi connectivity index (χ1n) is 7.17. The standard InChI is InChI=1S/C18H15BrFNO2/c1-10-3-5-14(20)7-12(10)9-21-18(22)17-11(2)15-6-4-13(19)8-16(15)23-17/h3-8H,9H2,1-2H3,(H,21,22). The third-order valence-corrected chi connectivity index (χ3v) is 4.35. The first kappa shape index (κ1) is 15.7. The highest BCUT2D eigenvalue weighted by molar-refractivity contribution is 9.10. The number of aryl methyl sites for hydroxylation is 2. The Hall–Kier alpha value is -2.14. The minimum absolute atomic E-state index is 0.253. The molecular formula is C18H15BrFNO2. The van der Waals surface area contributed by atoms with Crippen molar-refractivity contribution in [3.8, 4) is 0 Å². The molecular weight excluding hydrogens is 361 g/mol. The van der Waals surface area contributed by atoms with Gasteiger partial charge in [0.25, 0.3) is 5.91 Å². The third kappa shape index (κ3) is 3.15. The minimum atomic E-state index is -0.315. The number of nitrogens with one attached hydrogen (secondary N) is 1. The van der Waals surface area contributed by atoms with Crippen LogP contribution in [0.25, 0.3) is 11.0 Å². The lowest BCUT2D eigenvalue weighted by atomic mass is 10.1. The van der Waals surface area contributed by atoms with Crippen LogP contribution in [0.4, 0.5) is 4.39 Å². The lowest BCUT2D eigenvalue weighted by molar-refractivity contribution is 0.0924. The Morgan fingerprint density at radius 2 is 2.00 bits per heavy atom. The van der Waals surface area contributed by atoms with Gasteiger partial charge in [-0.2, -0.15) is 0 Å². The van der Waals surface area contributed by atoms with Gasteiger partial charge in [0, 0.05) is 22.0 Å². The van der Waals surface area contributed by atoms with E-state index in [0.717, 1.165) is 26.5 Å². The van der Waals surface area contributed by atoms with E-state index in [9.17, 15) is 9.18 Å². The van der Waals surface area contributed by atoms with Crippen molar-refractivity contribution in [1.29, 1.82) is 0 Å². The molecule has 3 nitrogen and oxygen atoms in total. The van der Waals surface area contributed by atoms with Crippen LogP contribution in [-0.2, 0) is 6.54 Å². The smallest absolute Gasteiger partial charge is 0.287 e. The molecule has 3 aromatic rings. The van der Waals surface area contributed by atoms with Crippen LogP contribution in [0.1, 0.15) is 27.2 Å². The molecule has 0 radical (unpaired) electrons. The fourth-order valence-electron chi connectivity index (χ4n) is 2.50. The van der Waals surface area contributed by atoms with Crippen molar-refractivity contribution < 1.29 is 13.6 Å². The zero-order valence-corrected chi connectivity index (χ0v) is 14.3. The molecule has 0 fully saturated rings. The SMILES string of the molecule is Cc1ccc(F)cc1CNC(=O)c1oc2cc(Br)ccc2c1C. The number of rotatable bonds is 3. The molecule has 1 heterocycles. The summed E-state index contributed by atoms with van der Waals surface area (Å²) in [5.74, 6) is -0.338. The summed E-state index contributed by atoms with van der Waals surface area (Å²) < 4.78 is 19.9. The van der Waals surface area contributed by atoms with Crippen molar-refractivity contribution in [2.45, 2.75) is 20.4 Å². The van der Waals surface area contributed by atoms with Gasteiger partial charge >= 0.3 is 0 Å². The number of fused-ring (bicyclic) bond motifs is 1. The Balaban J connectivity index is 1.83. The molecule has 0 unspecified atom stereocenters. The van der Waals surface area contributed by atoms with Crippen molar-refractivity contribution in [1.82, 2.24) is 5.32 Å². The fourth-order valence-corrected chi connectivity index (χ4v) is 2.84. The molecule has 5 heteroatoms. The highest BCUT2D eigenvalue weighted by Crippen LogP contribution is 2.27. The van der Waals surface area contributed by atoms with E-state index < -0.39 is 0 Å². The Bertz CT molecular complexity index is 901. The lowest BCUT2D eigenvalue weighted by Gasteiger charge is -2.07. The topological polar surface area (TPSA) is 42.2 Å². The number of hydrogen-bond acceptors (Lipinski definition) is 2. The first-order valence-corrected chi connectivity index (χ1v) is 7.97. The molecule has 2 aromatic carbocycles. The van der Waals surface area contributed by atoms with E-state index in [1.807, 2.05) is 32.0 Å². The molecule has 0 aliphatic carbocycles. The summed E-state index contributed by atoms with van der Waals surface area (Å²) in [6.07, 6.45) is 0. The van der Waals surface area contributed by atoms with Crippen LogP contribution in [0.3, 0.4) is 0 Å². The molecule has 0 saturated heterocycles. The maximum atomic E-state index is 13.3. The number of carbonyl (C=O) groups excluding carboxylic acids is 1. The van der Waals surface area contributed by atoms with E-state index in [4.69, 9.17) is 4.42 Å². The van der Waals surface area contributed by atoms with Crippen LogP contribution in [0, 0.1) is 19.7 Å². The first-order chi connectivity index (χ1) is 11.0. The average Bonchev–Trinajstić information content (AvgIpc) is 2.84. The number of hydrogen-bond donors (Lipinski definition) is 1. The summed E-state index contributed by atoms with van der Waals surface area (Å²) in [4.78, 5) is 12.4. The number of amides is 1. The van der Waals surface area contributed by atoms with Gasteiger partial charge in [0.1, 0.15) is 11.4 Å². The van der Waals surface area contributed by atoms with Crippen molar-refractivity contribution >= 4 is 32.8 Å². The predicted octanol–water partition coefficient (Wildman–Crippen LogP) is 4.88. The van der Waals surface area contributed by atoms with Gasteiger partial charge in [0.2, 0.25) is 0 Å². The van der Waals surface area contributed by atoms with Gasteiger partial charge in [0.15, 0.2) is 5.76 Å². The van der Waals surface area contributed by atoms with Gasteiger partial charge in [-0.25, -0.2) is 4.39 Å². The third-order valence-electron chi connectivity index (χ3n) is 3.86. The lowest BCUT2D eigenvalue weighted by Crippen LogP contribution is -2.23. The molecule has 23 heavy (non-hydrogen) atoms. The van der Waals surface area contributed by atoms with Gasteiger partial charge in [-0.15, -0.1) is 0 Å². The largest absolute Gasteiger partial charge is 0.451 e. The number of carbonyl (C=O) groups is 1. The summed E-state index contributed by atoms with van der Waals surface area (Å²) in [6.45, 7) is 3.98. The summed E-state index contributed by atoms with van der Waals surface area (Å²) in [5.41, 5.74) is 3.12. The normalized spacial score (nSPS) is 11.0. The summed E-state index contributed by atoms with van der Waals surface area (Å²) >= 11 is 3.38. The molecule has 118 valence electrons. The van der Waals surface area contributed by atoms with Gasteiger partial charge in [0.05, 0.1) is 0 Å². The number of benzene rings is 2. The number of furan rings is 1. The van der Waals surface area contributed by atoms with E-state index in [2.05, 4.69) is 21.2 Å². The quantitative estimate of drug-likeness (QED) is 0.708. The second-order valence-corrected chi connectivity index (χ2v) is 6.37. The van der Waals surface area contributed by atoms with E-state index >= 15 is 0 Å². The average molecular weight is 376 g/mol. The minimum Gasteiger partial charge on any atom is -0.451 e. The molecule has 1 N–H and O–H groups in total. The second kappa shape index (κ2) is 6.16. The molecule has 0 aliphatic rings. The molecule has 0 spiro atoms. The molecule has 1 aromatic heterocycles. The molecule has 0 bridgehead atoms. The van der Waals surface area contributed by atoms with Crippen molar-refractivity contribution in [3.05, 3.63) is 69.1 Å². The Morgan fingerprint density at radius 1 is 1.22 bits per heavy atom. The van der Waals surface area contributed by atoms with Crippen LogP contribution in [0.15, 0.2) is 45.3 Å². The summed E-state index contributed by atoms with van der Waals surface area (Å²) in [7, 11) is 0. The highest BCUT2D eigenvalue weighted by atomic mass is 79.9. The molecule has 3 rings (SSSR count). The van der Waals surface area contributed by atoms with E-state index in [1.54, 1.807) is 6.07 Å². The van der Waals surface area contributed by atoms with Crippen LogP contribution in [0.2, 0.25) is 0 Å². The van der Waals surface area contributed by atoms with Crippen LogP contribution < -0.4 is 5.32 Å². The zero-order chi connectivity index (χ0) is 16.6. The Labute approximate surface area is 141 Å². The Morgan fingerprint density at radius 3 is 2.78 bits per heavy atom. The van der Waals surface area contributed by atoms with Crippen molar-refractivity contribution in [3.63, 3.8) is 0 Å². The zero-order valence-electron chi connectivity index (χ0n) is 12.7. The monoisotopic (exact) mass is 375 g/mol. The summed E-state index contributed by atoms with van der Waals surface area (Å²) in [6, 6.07) is 10.2. The molecule has 0 aliphatic heterocycles. The van der Waals surface area contributed by atoms with Gasteiger partial charge in [-0.3, -0.25) is 4.79 Å². The van der Waals surface area contributed by atoms with Gasteiger partial charge in [-0.1, -0.05) is 22.0 Å². The molecule has 0 saturated carbocycles. The highest BCUT2D eigenvalue weighted by Gasteiger charge is 2.17. The van der Waals surface area contributed by atoms with Crippen LogP contribution in [-0.4, -0.2) is 5.91 Å². The maximum Gasteiger partial charge on any atom is 0.287 e. The second-order valence-electron chi connectivity index (χ2n) is 5.45. The molecule has 1 amide bonds. The van der Waals surface area contributed by atoms with E-state index in [-0.39, 0.29) is 24.0 Å². The van der Waals surface area contributed by atoms with Crippen molar-refractivity contribution in [2.75, 3.05) is 0 Å². The summed E-state index contributed by atoms with van der Waals surface area (Å²) in [5, 5.41) is 3.69. The fraction of sp³-hybridized carbons (Fsp3) is 0.167. The van der Waals surface area contributed by atoms with Gasteiger partial charge < -0.3 is 9.73 Å². The van der Waals surface area contributed by atoms with E-state index in [0.29, 0.717) is 5.58 Å². The Kier molecular flexibility index (Phi) is 4.22. The van der Waals surface area contributed by atoms with Crippen LogP contribution in [0.5, 0.6) is 0 Å². The number of halogens is 2. The van der Waals surface area contributed by atoms with Gasteiger partial charge in [-0.05, 0) is 55.3 Å². The van der Waals surface area contributed by atoms with Crippen LogP contribution >= 0.6 is 15.9 Å².